The van der Waals surface area contributed by atoms with E-state index in [4.69, 9.17) is 5.73 Å². The van der Waals surface area contributed by atoms with Gasteiger partial charge >= 0.3 is 0 Å². The molecule has 0 unspecified atom stereocenters. The zero-order valence-corrected chi connectivity index (χ0v) is 9.01. The Morgan fingerprint density at radius 2 is 2.17 bits per heavy atom. The number of rotatable bonds is 2. The van der Waals surface area contributed by atoms with Crippen molar-refractivity contribution in [2.45, 2.75) is 19.4 Å². The molecule has 0 aromatic heterocycles. The maximum Gasteiger partial charge on any atom is 0.124 e. The molecule has 0 fully saturated rings. The lowest BCUT2D eigenvalue weighted by atomic mass is 10.1. The standard InChI is InChI=1S/C9H11FIN/c1-2-9(12)6-3-7(10)5-8(11)4-6/h3-5,9H,2,12H2,1H3/t9-/m0/s1. The third-order valence-electron chi connectivity index (χ3n) is 1.75. The largest absolute Gasteiger partial charge is 0.324 e. The molecule has 12 heavy (non-hydrogen) atoms. The lowest BCUT2D eigenvalue weighted by molar-refractivity contribution is 0.615. The molecule has 66 valence electrons. The van der Waals surface area contributed by atoms with Crippen LogP contribution in [0.3, 0.4) is 0 Å². The number of halogens is 2. The van der Waals surface area contributed by atoms with Crippen LogP contribution in [0, 0.1) is 9.39 Å². The van der Waals surface area contributed by atoms with Crippen molar-refractivity contribution in [3.05, 3.63) is 33.1 Å². The molecule has 1 nitrogen and oxygen atoms in total. The van der Waals surface area contributed by atoms with E-state index in [0.29, 0.717) is 0 Å². The van der Waals surface area contributed by atoms with Gasteiger partial charge in [-0.1, -0.05) is 6.92 Å². The number of hydrogen-bond donors (Lipinski definition) is 1. The van der Waals surface area contributed by atoms with Crippen LogP contribution in [0.25, 0.3) is 0 Å². The van der Waals surface area contributed by atoms with Gasteiger partial charge in [0.05, 0.1) is 0 Å². The third kappa shape index (κ3) is 2.42. The van der Waals surface area contributed by atoms with Gasteiger partial charge in [-0.05, 0) is 52.8 Å². The Morgan fingerprint density at radius 1 is 1.50 bits per heavy atom. The lowest BCUT2D eigenvalue weighted by Gasteiger charge is -2.09. The molecule has 0 radical (unpaired) electrons. The average Bonchev–Trinajstić information content (AvgIpc) is 2.01. The van der Waals surface area contributed by atoms with E-state index in [0.717, 1.165) is 15.6 Å². The fraction of sp³-hybridized carbons (Fsp3) is 0.333. The van der Waals surface area contributed by atoms with Gasteiger partial charge in [-0.2, -0.15) is 0 Å². The molecule has 1 atom stereocenters. The maximum absolute atomic E-state index is 12.9. The highest BCUT2D eigenvalue weighted by atomic mass is 127. The third-order valence-corrected chi connectivity index (χ3v) is 2.38. The van der Waals surface area contributed by atoms with Crippen molar-refractivity contribution in [1.82, 2.24) is 0 Å². The van der Waals surface area contributed by atoms with Crippen LogP contribution >= 0.6 is 22.6 Å². The maximum atomic E-state index is 12.9. The van der Waals surface area contributed by atoms with Crippen LogP contribution < -0.4 is 5.73 Å². The number of nitrogens with two attached hydrogens (primary N) is 1. The van der Waals surface area contributed by atoms with Crippen LogP contribution in [-0.2, 0) is 0 Å². The first-order valence-electron chi connectivity index (χ1n) is 3.85. The normalized spacial score (nSPS) is 13.0. The predicted octanol–water partition coefficient (Wildman–Crippen LogP) is 2.84. The molecule has 2 N–H and O–H groups in total. The minimum atomic E-state index is -0.208. The second-order valence-electron chi connectivity index (χ2n) is 2.72. The fourth-order valence-corrected chi connectivity index (χ4v) is 1.68. The summed E-state index contributed by atoms with van der Waals surface area (Å²) in [6.07, 6.45) is 0.833. The van der Waals surface area contributed by atoms with E-state index in [1.165, 1.54) is 12.1 Å². The molecule has 0 saturated heterocycles. The zero-order valence-electron chi connectivity index (χ0n) is 6.85. The first-order valence-corrected chi connectivity index (χ1v) is 4.93. The van der Waals surface area contributed by atoms with E-state index >= 15 is 0 Å². The summed E-state index contributed by atoms with van der Waals surface area (Å²) in [5, 5.41) is 0. The lowest BCUT2D eigenvalue weighted by Crippen LogP contribution is -2.09. The van der Waals surface area contributed by atoms with Gasteiger partial charge in [0.15, 0.2) is 0 Å². The highest BCUT2D eigenvalue weighted by Crippen LogP contribution is 2.18. The Morgan fingerprint density at radius 3 is 2.67 bits per heavy atom. The van der Waals surface area contributed by atoms with Crippen molar-refractivity contribution in [2.24, 2.45) is 5.73 Å². The first kappa shape index (κ1) is 9.92. The molecule has 0 bridgehead atoms. The van der Waals surface area contributed by atoms with Crippen molar-refractivity contribution < 1.29 is 4.39 Å². The van der Waals surface area contributed by atoms with Crippen molar-refractivity contribution in [2.75, 3.05) is 0 Å². The molecule has 0 saturated carbocycles. The molecule has 3 heteroatoms. The van der Waals surface area contributed by atoms with Crippen LogP contribution in [0.2, 0.25) is 0 Å². The second kappa shape index (κ2) is 4.18. The molecule has 1 aromatic rings. The van der Waals surface area contributed by atoms with Gasteiger partial charge in [0.1, 0.15) is 5.82 Å². The molecule has 0 spiro atoms. The van der Waals surface area contributed by atoms with Crippen LogP contribution in [0.15, 0.2) is 18.2 Å². The van der Waals surface area contributed by atoms with Crippen molar-refractivity contribution >= 4 is 22.6 Å². The molecule has 0 aliphatic heterocycles. The van der Waals surface area contributed by atoms with Gasteiger partial charge in [-0.25, -0.2) is 4.39 Å². The Hall–Kier alpha value is -0.160. The van der Waals surface area contributed by atoms with Crippen molar-refractivity contribution in [1.29, 1.82) is 0 Å². The van der Waals surface area contributed by atoms with Crippen LogP contribution in [0.4, 0.5) is 4.39 Å². The topological polar surface area (TPSA) is 26.0 Å². The fourth-order valence-electron chi connectivity index (χ4n) is 1.02. The summed E-state index contributed by atoms with van der Waals surface area (Å²) < 4.78 is 13.8. The van der Waals surface area contributed by atoms with Crippen LogP contribution in [0.1, 0.15) is 24.9 Å². The van der Waals surface area contributed by atoms with Crippen LogP contribution in [-0.4, -0.2) is 0 Å². The zero-order chi connectivity index (χ0) is 9.14. The van der Waals surface area contributed by atoms with E-state index in [1.54, 1.807) is 0 Å². The molecule has 1 rings (SSSR count). The monoisotopic (exact) mass is 279 g/mol. The SMILES string of the molecule is CC[C@H](N)c1cc(F)cc(I)c1. The minimum Gasteiger partial charge on any atom is -0.324 e. The van der Waals surface area contributed by atoms with Crippen molar-refractivity contribution in [3.8, 4) is 0 Å². The van der Waals surface area contributed by atoms with Crippen LogP contribution in [0.5, 0.6) is 0 Å². The molecular weight excluding hydrogens is 268 g/mol. The second-order valence-corrected chi connectivity index (χ2v) is 3.96. The van der Waals surface area contributed by atoms with Gasteiger partial charge in [0.2, 0.25) is 0 Å². The highest BCUT2D eigenvalue weighted by molar-refractivity contribution is 14.1. The molecule has 0 aliphatic rings. The van der Waals surface area contributed by atoms with E-state index in [2.05, 4.69) is 22.6 Å². The quantitative estimate of drug-likeness (QED) is 0.828. The Kier molecular flexibility index (Phi) is 3.46. The number of benzene rings is 1. The molecular formula is C9H11FIN. The van der Waals surface area contributed by atoms with Gasteiger partial charge in [0, 0.05) is 9.61 Å². The van der Waals surface area contributed by atoms with Gasteiger partial charge in [0.25, 0.3) is 0 Å². The van der Waals surface area contributed by atoms with E-state index in [9.17, 15) is 4.39 Å². The summed E-state index contributed by atoms with van der Waals surface area (Å²) in [7, 11) is 0. The molecule has 0 heterocycles. The summed E-state index contributed by atoms with van der Waals surface area (Å²) in [6.45, 7) is 1.99. The smallest absolute Gasteiger partial charge is 0.124 e. The van der Waals surface area contributed by atoms with Gasteiger partial charge in [-0.3, -0.25) is 0 Å². The Labute approximate surface area is 85.3 Å². The summed E-state index contributed by atoms with van der Waals surface area (Å²) in [4.78, 5) is 0. The van der Waals surface area contributed by atoms with E-state index < -0.39 is 0 Å². The van der Waals surface area contributed by atoms with E-state index in [-0.39, 0.29) is 11.9 Å². The van der Waals surface area contributed by atoms with Gasteiger partial charge < -0.3 is 5.73 Å². The minimum absolute atomic E-state index is 0.0470. The molecule has 0 aliphatic carbocycles. The summed E-state index contributed by atoms with van der Waals surface area (Å²) in [5.41, 5.74) is 6.64. The molecule has 0 amide bonds. The van der Waals surface area contributed by atoms with E-state index in [1.807, 2.05) is 13.0 Å². The predicted molar refractivity (Wildman–Crippen MR) is 56.3 cm³/mol. The number of hydrogen-bond acceptors (Lipinski definition) is 1. The van der Waals surface area contributed by atoms with Crippen molar-refractivity contribution in [3.63, 3.8) is 0 Å². The molecule has 1 aromatic carbocycles. The first-order chi connectivity index (χ1) is 5.63. The average molecular weight is 279 g/mol. The Balaban J connectivity index is 3.00. The Bertz CT molecular complexity index is 255. The van der Waals surface area contributed by atoms with Gasteiger partial charge in [-0.15, -0.1) is 0 Å². The summed E-state index contributed by atoms with van der Waals surface area (Å²) in [6, 6.07) is 4.86. The highest BCUT2D eigenvalue weighted by Gasteiger charge is 2.05. The summed E-state index contributed by atoms with van der Waals surface area (Å²) >= 11 is 2.09. The summed E-state index contributed by atoms with van der Waals surface area (Å²) in [5.74, 6) is -0.208.